The van der Waals surface area contributed by atoms with Gasteiger partial charge in [0.05, 0.1) is 23.9 Å². The molecule has 1 aromatic carbocycles. The third-order valence-electron chi connectivity index (χ3n) is 4.48. The number of H-pyrrole nitrogens is 1. The Kier molecular flexibility index (Phi) is 6.01. The zero-order valence-electron chi connectivity index (χ0n) is 14.1. The number of nitrogens with zero attached hydrogens (tertiary/aromatic N) is 1. The van der Waals surface area contributed by atoms with Gasteiger partial charge in [0.25, 0.3) is 0 Å². The lowest BCUT2D eigenvalue weighted by Crippen LogP contribution is -2.36. The fourth-order valence-corrected chi connectivity index (χ4v) is 3.86. The number of benzene rings is 1. The lowest BCUT2D eigenvalue weighted by Gasteiger charge is -2.20. The van der Waals surface area contributed by atoms with Crippen LogP contribution in [0.2, 0.25) is 0 Å². The van der Waals surface area contributed by atoms with Crippen molar-refractivity contribution in [1.82, 2.24) is 15.3 Å². The van der Waals surface area contributed by atoms with Crippen molar-refractivity contribution in [2.24, 2.45) is 0 Å². The predicted molar refractivity (Wildman–Crippen MR) is 97.6 cm³/mol. The van der Waals surface area contributed by atoms with E-state index in [2.05, 4.69) is 15.3 Å². The maximum atomic E-state index is 12.2. The van der Waals surface area contributed by atoms with E-state index in [9.17, 15) is 4.79 Å². The molecule has 0 atom stereocenters. The Bertz CT molecular complexity index is 678. The minimum Gasteiger partial charge on any atom is -0.497 e. The van der Waals surface area contributed by atoms with E-state index < -0.39 is 0 Å². The zero-order valence-corrected chi connectivity index (χ0v) is 15.0. The predicted octanol–water partition coefficient (Wildman–Crippen LogP) is 3.89. The first kappa shape index (κ1) is 17.1. The number of amides is 1. The monoisotopic (exact) mass is 347 g/mol. The summed E-state index contributed by atoms with van der Waals surface area (Å²) in [6.45, 7) is 0. The van der Waals surface area contributed by atoms with Crippen molar-refractivity contribution in [3.63, 3.8) is 0 Å². The van der Waals surface area contributed by atoms with Gasteiger partial charge in [0.1, 0.15) is 5.75 Å². The first-order valence-corrected chi connectivity index (χ1v) is 9.69. The summed E-state index contributed by atoms with van der Waals surface area (Å²) in [5.41, 5.74) is 1.82. The number of aromatic amines is 1. The van der Waals surface area contributed by atoms with Crippen LogP contribution in [0.25, 0.3) is 11.0 Å². The smallest absolute Gasteiger partial charge is 0.230 e. The number of methoxy groups -OCH3 is 1. The van der Waals surface area contributed by atoms with Crippen molar-refractivity contribution in [3.05, 3.63) is 18.2 Å². The number of hydrogen-bond acceptors (Lipinski definition) is 4. The molecule has 1 aromatic heterocycles. The van der Waals surface area contributed by atoms with Gasteiger partial charge in [-0.3, -0.25) is 4.79 Å². The average molecular weight is 347 g/mol. The lowest BCUT2D eigenvalue weighted by molar-refractivity contribution is -0.119. The average Bonchev–Trinajstić information content (AvgIpc) is 2.97. The number of hydrogen-bond donors (Lipinski definition) is 2. The van der Waals surface area contributed by atoms with Gasteiger partial charge in [-0.15, -0.1) is 0 Å². The standard InChI is InChI=1S/C18H25N3O2S/c1-23-14-9-10-15-16(11-14)21-18(20-15)24-12-17(22)19-13-7-5-3-2-4-6-8-13/h9-11,13H,2-8,12H2,1H3,(H,19,22)(H,20,21). The van der Waals surface area contributed by atoms with E-state index in [0.717, 1.165) is 34.8 Å². The Morgan fingerprint density at radius 1 is 1.29 bits per heavy atom. The molecule has 0 bridgehead atoms. The van der Waals surface area contributed by atoms with Crippen LogP contribution in [-0.2, 0) is 4.79 Å². The third-order valence-corrected chi connectivity index (χ3v) is 5.35. The SMILES string of the molecule is COc1ccc2nc(SCC(=O)NC3CCCCCCC3)[nH]c2c1. The Balaban J connectivity index is 1.51. The normalized spacial score (nSPS) is 16.5. The summed E-state index contributed by atoms with van der Waals surface area (Å²) in [4.78, 5) is 20.0. The summed E-state index contributed by atoms with van der Waals surface area (Å²) in [7, 11) is 1.65. The van der Waals surface area contributed by atoms with Crippen LogP contribution >= 0.6 is 11.8 Å². The van der Waals surface area contributed by atoms with Gasteiger partial charge in [0.15, 0.2) is 5.16 Å². The second-order valence-corrected chi connectivity index (χ2v) is 7.29. The molecule has 24 heavy (non-hydrogen) atoms. The van der Waals surface area contributed by atoms with Crippen LogP contribution in [0.15, 0.2) is 23.4 Å². The highest BCUT2D eigenvalue weighted by Gasteiger charge is 2.14. The molecule has 1 aliphatic carbocycles. The summed E-state index contributed by atoms with van der Waals surface area (Å²) in [6.07, 6.45) is 8.61. The van der Waals surface area contributed by atoms with E-state index in [0.29, 0.717) is 11.8 Å². The van der Waals surface area contributed by atoms with E-state index >= 15 is 0 Å². The Labute approximate surface area is 146 Å². The topological polar surface area (TPSA) is 67.0 Å². The summed E-state index contributed by atoms with van der Waals surface area (Å²) in [6, 6.07) is 6.07. The number of carbonyl (C=O) groups excluding carboxylic acids is 1. The number of aromatic nitrogens is 2. The Hall–Kier alpha value is -1.69. The molecule has 0 aliphatic heterocycles. The van der Waals surface area contributed by atoms with E-state index in [4.69, 9.17) is 4.74 Å². The highest BCUT2D eigenvalue weighted by atomic mass is 32.2. The molecule has 3 rings (SSSR count). The second kappa shape index (κ2) is 8.42. The lowest BCUT2D eigenvalue weighted by atomic mass is 9.97. The van der Waals surface area contributed by atoms with Gasteiger partial charge < -0.3 is 15.0 Å². The number of ether oxygens (including phenoxy) is 1. The molecule has 0 radical (unpaired) electrons. The minimum atomic E-state index is 0.101. The maximum Gasteiger partial charge on any atom is 0.230 e. The highest BCUT2D eigenvalue weighted by Crippen LogP contribution is 2.23. The molecule has 5 nitrogen and oxygen atoms in total. The number of fused-ring (bicyclic) bond motifs is 1. The molecule has 0 spiro atoms. The fourth-order valence-electron chi connectivity index (χ4n) is 3.16. The molecule has 1 aliphatic rings. The van der Waals surface area contributed by atoms with Gasteiger partial charge >= 0.3 is 0 Å². The Morgan fingerprint density at radius 3 is 2.79 bits per heavy atom. The molecule has 1 heterocycles. The van der Waals surface area contributed by atoms with E-state index in [1.54, 1.807) is 7.11 Å². The molecule has 0 unspecified atom stereocenters. The Morgan fingerprint density at radius 2 is 2.04 bits per heavy atom. The first-order valence-electron chi connectivity index (χ1n) is 8.70. The summed E-state index contributed by atoms with van der Waals surface area (Å²) in [5.74, 6) is 1.29. The van der Waals surface area contributed by atoms with Crippen LogP contribution < -0.4 is 10.1 Å². The highest BCUT2D eigenvalue weighted by molar-refractivity contribution is 7.99. The largest absolute Gasteiger partial charge is 0.497 e. The third kappa shape index (κ3) is 4.66. The van der Waals surface area contributed by atoms with Crippen LogP contribution in [0.3, 0.4) is 0 Å². The number of imidazole rings is 1. The van der Waals surface area contributed by atoms with E-state index in [1.165, 1.54) is 43.9 Å². The van der Waals surface area contributed by atoms with Crippen LogP contribution in [0, 0.1) is 0 Å². The molecule has 130 valence electrons. The van der Waals surface area contributed by atoms with Crippen molar-refractivity contribution < 1.29 is 9.53 Å². The summed E-state index contributed by atoms with van der Waals surface area (Å²) < 4.78 is 5.21. The quantitative estimate of drug-likeness (QED) is 0.805. The van der Waals surface area contributed by atoms with Gasteiger partial charge in [-0.1, -0.05) is 43.9 Å². The zero-order chi connectivity index (χ0) is 16.8. The molecule has 2 N–H and O–H groups in total. The molecule has 1 saturated carbocycles. The fraction of sp³-hybridized carbons (Fsp3) is 0.556. The van der Waals surface area contributed by atoms with E-state index in [1.807, 2.05) is 18.2 Å². The minimum absolute atomic E-state index is 0.101. The van der Waals surface area contributed by atoms with Crippen LogP contribution in [0.4, 0.5) is 0 Å². The van der Waals surface area contributed by atoms with Gasteiger partial charge in [-0.2, -0.15) is 0 Å². The number of rotatable bonds is 5. The molecular weight excluding hydrogens is 322 g/mol. The number of nitrogens with one attached hydrogen (secondary N) is 2. The van der Waals surface area contributed by atoms with Gasteiger partial charge in [0, 0.05) is 12.1 Å². The van der Waals surface area contributed by atoms with E-state index in [-0.39, 0.29) is 5.91 Å². The van der Waals surface area contributed by atoms with Crippen LogP contribution in [0.1, 0.15) is 44.9 Å². The summed E-state index contributed by atoms with van der Waals surface area (Å²) >= 11 is 1.45. The van der Waals surface area contributed by atoms with Crippen molar-refractivity contribution >= 4 is 28.7 Å². The maximum absolute atomic E-state index is 12.2. The van der Waals surface area contributed by atoms with Gasteiger partial charge in [0.2, 0.25) is 5.91 Å². The van der Waals surface area contributed by atoms with Crippen molar-refractivity contribution in [1.29, 1.82) is 0 Å². The van der Waals surface area contributed by atoms with Gasteiger partial charge in [-0.25, -0.2) is 4.98 Å². The molecule has 1 fully saturated rings. The summed E-state index contributed by atoms with van der Waals surface area (Å²) in [5, 5.41) is 3.96. The second-order valence-electron chi connectivity index (χ2n) is 6.32. The molecule has 1 amide bonds. The number of carbonyl (C=O) groups is 1. The van der Waals surface area contributed by atoms with Crippen molar-refractivity contribution in [2.45, 2.75) is 56.1 Å². The van der Waals surface area contributed by atoms with Crippen molar-refractivity contribution in [2.75, 3.05) is 12.9 Å². The molecular formula is C18H25N3O2S. The molecule has 6 heteroatoms. The van der Waals surface area contributed by atoms with Crippen LogP contribution in [-0.4, -0.2) is 34.8 Å². The molecule has 0 saturated heterocycles. The van der Waals surface area contributed by atoms with Crippen molar-refractivity contribution in [3.8, 4) is 5.75 Å². The molecule has 2 aromatic rings. The number of thioether (sulfide) groups is 1. The first-order chi connectivity index (χ1) is 11.7. The van der Waals surface area contributed by atoms with Gasteiger partial charge in [-0.05, 0) is 25.0 Å². The van der Waals surface area contributed by atoms with Crippen LogP contribution in [0.5, 0.6) is 5.75 Å².